The average Bonchev–Trinajstić information content (AvgIpc) is 2.92. The number of aliphatic imine (C=N–C) groups is 1. The van der Waals surface area contributed by atoms with Gasteiger partial charge in [-0.25, -0.2) is 4.99 Å². The van der Waals surface area contributed by atoms with Crippen LogP contribution in [0.1, 0.15) is 12.5 Å². The summed E-state index contributed by atoms with van der Waals surface area (Å²) < 4.78 is 7.04. The van der Waals surface area contributed by atoms with Crippen LogP contribution in [0.2, 0.25) is 0 Å². The summed E-state index contributed by atoms with van der Waals surface area (Å²) in [6, 6.07) is 1.74. The summed E-state index contributed by atoms with van der Waals surface area (Å²) in [4.78, 5) is 6.56. The first kappa shape index (κ1) is 15.3. The molecule has 3 rings (SSSR count). The third-order valence-electron chi connectivity index (χ3n) is 3.73. The van der Waals surface area contributed by atoms with E-state index in [1.165, 1.54) is 0 Å². The lowest BCUT2D eigenvalue weighted by Crippen LogP contribution is -2.50. The second-order valence-electron chi connectivity index (χ2n) is 4.93. The predicted molar refractivity (Wildman–Crippen MR) is 80.0 cm³/mol. The molecule has 2 aliphatic rings. The Kier molecular flexibility index (Phi) is 5.00. The van der Waals surface area contributed by atoms with Gasteiger partial charge in [0.1, 0.15) is 6.04 Å². The molecule has 2 heterocycles. The first-order valence-electron chi connectivity index (χ1n) is 6.59. The highest BCUT2D eigenvalue weighted by Crippen LogP contribution is 2.34. The van der Waals surface area contributed by atoms with Crippen LogP contribution in [0.25, 0.3) is 0 Å². The lowest BCUT2D eigenvalue weighted by Gasteiger charge is -2.40. The fourth-order valence-electron chi connectivity index (χ4n) is 2.57. The van der Waals surface area contributed by atoms with Gasteiger partial charge in [-0.15, -0.1) is 17.0 Å². The normalized spacial score (nSPS) is 30.6. The average molecular weight is 346 g/mol. The molecule has 0 unspecified atom stereocenters. The van der Waals surface area contributed by atoms with Crippen molar-refractivity contribution in [1.29, 1.82) is 0 Å². The Labute approximate surface area is 128 Å². The molecule has 1 saturated heterocycles. The highest BCUT2D eigenvalue weighted by molar-refractivity contribution is 8.93. The SMILES string of the molecule is Br.NC(=N[C@H]1C[C@@H](O)[C@@H]1n1cccn1)N1CCOCC1. The lowest BCUT2D eigenvalue weighted by atomic mass is 9.83. The lowest BCUT2D eigenvalue weighted by molar-refractivity contribution is 0.00624. The molecule has 0 amide bonds. The summed E-state index contributed by atoms with van der Waals surface area (Å²) in [5.41, 5.74) is 6.03. The summed E-state index contributed by atoms with van der Waals surface area (Å²) in [5.74, 6) is 0.539. The Bertz CT molecular complexity index is 447. The predicted octanol–water partition coefficient (Wildman–Crippen LogP) is -0.218. The molecule has 3 N–H and O–H groups in total. The molecule has 0 radical (unpaired) electrons. The van der Waals surface area contributed by atoms with Gasteiger partial charge in [-0.1, -0.05) is 0 Å². The van der Waals surface area contributed by atoms with E-state index in [0.29, 0.717) is 25.6 Å². The van der Waals surface area contributed by atoms with Gasteiger partial charge < -0.3 is 20.5 Å². The van der Waals surface area contributed by atoms with Gasteiger partial charge in [0.05, 0.1) is 25.4 Å². The highest BCUT2D eigenvalue weighted by Gasteiger charge is 2.42. The number of halogens is 1. The maximum atomic E-state index is 9.87. The number of hydrogen-bond acceptors (Lipinski definition) is 4. The second-order valence-corrected chi connectivity index (χ2v) is 4.93. The standard InChI is InChI=1S/C12H19N5O2.BrH/c13-12(16-4-6-19-7-5-16)15-9-8-10(18)11(9)17-3-1-2-14-17;/h1-3,9-11,18H,4-8H2,(H2,13,15);1H/t9-,10+,11+;/m0./s1. The number of aliphatic hydroxyl groups excluding tert-OH is 1. The van der Waals surface area contributed by atoms with Gasteiger partial charge in [-0.3, -0.25) is 4.68 Å². The van der Waals surface area contributed by atoms with Crippen molar-refractivity contribution < 1.29 is 9.84 Å². The number of guanidine groups is 1. The van der Waals surface area contributed by atoms with Crippen LogP contribution < -0.4 is 5.73 Å². The summed E-state index contributed by atoms with van der Waals surface area (Å²) in [7, 11) is 0. The first-order chi connectivity index (χ1) is 9.25. The smallest absolute Gasteiger partial charge is 0.191 e. The van der Waals surface area contributed by atoms with Crippen molar-refractivity contribution in [3.05, 3.63) is 18.5 Å². The number of aliphatic hydroxyl groups is 1. The molecular weight excluding hydrogens is 326 g/mol. The van der Waals surface area contributed by atoms with Gasteiger partial charge in [0.25, 0.3) is 0 Å². The van der Waals surface area contributed by atoms with Crippen molar-refractivity contribution in [3.8, 4) is 0 Å². The van der Waals surface area contributed by atoms with Crippen molar-refractivity contribution >= 4 is 22.9 Å². The molecule has 1 aromatic heterocycles. The summed E-state index contributed by atoms with van der Waals surface area (Å²) in [6.45, 7) is 2.92. The number of nitrogens with two attached hydrogens (primary N) is 1. The number of hydrogen-bond donors (Lipinski definition) is 2. The fourth-order valence-corrected chi connectivity index (χ4v) is 2.57. The van der Waals surface area contributed by atoms with Crippen LogP contribution in [0.4, 0.5) is 0 Å². The molecule has 1 aliphatic carbocycles. The van der Waals surface area contributed by atoms with Crippen molar-refractivity contribution in [2.24, 2.45) is 10.7 Å². The van der Waals surface area contributed by atoms with Gasteiger partial charge in [0, 0.05) is 31.9 Å². The first-order valence-corrected chi connectivity index (χ1v) is 6.59. The molecule has 2 fully saturated rings. The van der Waals surface area contributed by atoms with Crippen LogP contribution in [0.5, 0.6) is 0 Å². The largest absolute Gasteiger partial charge is 0.391 e. The Morgan fingerprint density at radius 1 is 1.40 bits per heavy atom. The molecule has 3 atom stereocenters. The van der Waals surface area contributed by atoms with Crippen molar-refractivity contribution in [3.63, 3.8) is 0 Å². The molecule has 8 heteroatoms. The Morgan fingerprint density at radius 3 is 2.75 bits per heavy atom. The number of morpholine rings is 1. The van der Waals surface area contributed by atoms with Crippen LogP contribution in [0.15, 0.2) is 23.5 Å². The van der Waals surface area contributed by atoms with Crippen LogP contribution in [-0.2, 0) is 4.74 Å². The number of ether oxygens (including phenoxy) is 1. The van der Waals surface area contributed by atoms with E-state index < -0.39 is 6.10 Å². The van der Waals surface area contributed by atoms with Gasteiger partial charge in [-0.05, 0) is 6.07 Å². The molecule has 0 aromatic carbocycles. The van der Waals surface area contributed by atoms with Gasteiger partial charge in [-0.2, -0.15) is 5.10 Å². The van der Waals surface area contributed by atoms with Crippen molar-refractivity contribution in [2.45, 2.75) is 24.6 Å². The van der Waals surface area contributed by atoms with E-state index in [0.717, 1.165) is 13.1 Å². The number of rotatable bonds is 2. The Balaban J connectivity index is 0.00000147. The molecule has 7 nitrogen and oxygen atoms in total. The van der Waals surface area contributed by atoms with Gasteiger partial charge >= 0.3 is 0 Å². The quantitative estimate of drug-likeness (QED) is 0.571. The maximum absolute atomic E-state index is 9.87. The molecule has 0 spiro atoms. The van der Waals surface area contributed by atoms with E-state index in [1.54, 1.807) is 10.9 Å². The minimum absolute atomic E-state index is 0. The van der Waals surface area contributed by atoms with Crippen LogP contribution in [0.3, 0.4) is 0 Å². The highest BCUT2D eigenvalue weighted by atomic mass is 79.9. The summed E-state index contributed by atoms with van der Waals surface area (Å²) >= 11 is 0. The molecule has 20 heavy (non-hydrogen) atoms. The van der Waals surface area contributed by atoms with Gasteiger partial charge in [0.15, 0.2) is 5.96 Å². The van der Waals surface area contributed by atoms with Gasteiger partial charge in [0.2, 0.25) is 0 Å². The minimum atomic E-state index is -0.397. The van der Waals surface area contributed by atoms with Crippen molar-refractivity contribution in [1.82, 2.24) is 14.7 Å². The zero-order valence-electron chi connectivity index (χ0n) is 11.1. The third-order valence-corrected chi connectivity index (χ3v) is 3.73. The van der Waals surface area contributed by atoms with E-state index in [4.69, 9.17) is 10.5 Å². The van der Waals surface area contributed by atoms with E-state index in [1.807, 2.05) is 17.2 Å². The monoisotopic (exact) mass is 345 g/mol. The van der Waals surface area contributed by atoms with E-state index in [2.05, 4.69) is 10.1 Å². The zero-order chi connectivity index (χ0) is 13.2. The molecule has 112 valence electrons. The summed E-state index contributed by atoms with van der Waals surface area (Å²) in [5, 5.41) is 14.0. The molecule has 1 saturated carbocycles. The van der Waals surface area contributed by atoms with E-state index >= 15 is 0 Å². The third kappa shape index (κ3) is 2.97. The topological polar surface area (TPSA) is 88.9 Å². The molecular formula is C12H20BrN5O2. The maximum Gasteiger partial charge on any atom is 0.191 e. The Morgan fingerprint density at radius 2 is 2.15 bits per heavy atom. The van der Waals surface area contributed by atoms with Crippen molar-refractivity contribution in [2.75, 3.05) is 26.3 Å². The van der Waals surface area contributed by atoms with Crippen LogP contribution in [0, 0.1) is 0 Å². The number of aromatic nitrogens is 2. The molecule has 0 bridgehead atoms. The van der Waals surface area contributed by atoms with E-state index in [9.17, 15) is 5.11 Å². The fraction of sp³-hybridized carbons (Fsp3) is 0.667. The van der Waals surface area contributed by atoms with Crippen LogP contribution in [-0.4, -0.2) is 64.2 Å². The molecule has 1 aromatic rings. The van der Waals surface area contributed by atoms with E-state index in [-0.39, 0.29) is 29.1 Å². The minimum Gasteiger partial charge on any atom is -0.391 e. The zero-order valence-corrected chi connectivity index (χ0v) is 12.8. The number of nitrogens with zero attached hydrogens (tertiary/aromatic N) is 4. The summed E-state index contributed by atoms with van der Waals surface area (Å²) in [6.07, 6.45) is 3.79. The molecule has 1 aliphatic heterocycles. The second kappa shape index (κ2) is 6.55. The Hall–Kier alpha value is -1.12. The van der Waals surface area contributed by atoms with Crippen LogP contribution >= 0.6 is 17.0 Å².